The van der Waals surface area contributed by atoms with Crippen LogP contribution in [-0.2, 0) is 28.6 Å². The van der Waals surface area contributed by atoms with E-state index in [0.717, 1.165) is 41.1 Å². The van der Waals surface area contributed by atoms with Crippen LogP contribution in [-0.4, -0.2) is 103 Å². The van der Waals surface area contributed by atoms with Crippen LogP contribution in [0.5, 0.6) is 0 Å². The molecular formula is C39H53N7O7. The summed E-state index contributed by atoms with van der Waals surface area (Å²) in [4.78, 5) is 64.1. The minimum atomic E-state index is -0.798. The number of H-pyrrole nitrogens is 1. The number of likely N-dealkylation sites (tertiary alicyclic amines) is 2. The van der Waals surface area contributed by atoms with E-state index in [1.807, 2.05) is 81.1 Å². The number of ether oxygens (including phenoxy) is 3. The van der Waals surface area contributed by atoms with E-state index in [2.05, 4.69) is 20.9 Å². The summed E-state index contributed by atoms with van der Waals surface area (Å²) in [6, 6.07) is 13.6. The molecule has 3 heterocycles. The number of hydrogen-bond donors (Lipinski definition) is 4. The molecule has 53 heavy (non-hydrogen) atoms. The number of anilines is 1. The summed E-state index contributed by atoms with van der Waals surface area (Å²) in [6.45, 7) is 8.75. The number of carbonyl (C=O) groups is 4. The first-order chi connectivity index (χ1) is 25.4. The highest BCUT2D eigenvalue weighted by Gasteiger charge is 2.39. The van der Waals surface area contributed by atoms with Gasteiger partial charge in [0.1, 0.15) is 17.9 Å². The number of carbonyl (C=O) groups excluding carboxylic acids is 4. The molecular weight excluding hydrogens is 678 g/mol. The molecule has 0 radical (unpaired) electrons. The molecule has 2 fully saturated rings. The monoisotopic (exact) mass is 731 g/mol. The number of nitrogens with zero attached hydrogens (tertiary/aromatic N) is 3. The van der Waals surface area contributed by atoms with Crippen molar-refractivity contribution in [1.82, 2.24) is 30.4 Å². The zero-order chi connectivity index (χ0) is 38.2. The molecule has 2 aliphatic rings. The number of alkyl carbamates (subject to hydrolysis) is 1. The van der Waals surface area contributed by atoms with Gasteiger partial charge in [-0.15, -0.1) is 0 Å². The van der Waals surface area contributed by atoms with Crippen LogP contribution in [0.3, 0.4) is 0 Å². The number of imidazole rings is 1. The second kappa shape index (κ2) is 17.8. The largest absolute Gasteiger partial charge is 0.453 e. The molecule has 0 bridgehead atoms. The lowest BCUT2D eigenvalue weighted by molar-refractivity contribution is -0.151. The first kappa shape index (κ1) is 39.4. The SMILES string of the molecule is COC(=O)N[C@H](C(=O)N1CCC[C@H]1C(=O)Nc1cccc(-c2ccc(-c3cnc([C@@H]4CCCN4C(=O)[C@@H](NC(OC)OC)C(C)C)[nH]3)cc2)c1)C(C)C. The third-order valence-electron chi connectivity index (χ3n) is 10.0. The number of amides is 4. The molecule has 4 amide bonds. The van der Waals surface area contributed by atoms with Crippen molar-refractivity contribution in [1.29, 1.82) is 0 Å². The van der Waals surface area contributed by atoms with Gasteiger partial charge in [0.15, 0.2) is 0 Å². The molecule has 2 aliphatic heterocycles. The predicted octanol–water partition coefficient (Wildman–Crippen LogP) is 4.91. The van der Waals surface area contributed by atoms with E-state index in [-0.39, 0.29) is 35.6 Å². The molecule has 4 atom stereocenters. The van der Waals surface area contributed by atoms with Crippen molar-refractivity contribution in [2.24, 2.45) is 11.8 Å². The van der Waals surface area contributed by atoms with E-state index in [4.69, 9.17) is 19.2 Å². The lowest BCUT2D eigenvalue weighted by Gasteiger charge is -2.32. The van der Waals surface area contributed by atoms with Crippen molar-refractivity contribution in [2.75, 3.05) is 39.7 Å². The first-order valence-corrected chi connectivity index (χ1v) is 18.3. The Bertz CT molecular complexity index is 1720. The molecule has 0 saturated carbocycles. The second-order valence-corrected chi connectivity index (χ2v) is 14.3. The van der Waals surface area contributed by atoms with Gasteiger partial charge in [0.2, 0.25) is 24.1 Å². The zero-order valence-electron chi connectivity index (χ0n) is 31.7. The van der Waals surface area contributed by atoms with Crippen molar-refractivity contribution >= 4 is 29.5 Å². The Balaban J connectivity index is 1.24. The molecule has 14 heteroatoms. The molecule has 2 aromatic carbocycles. The maximum absolute atomic E-state index is 13.7. The van der Waals surface area contributed by atoms with Crippen LogP contribution in [0, 0.1) is 11.8 Å². The minimum Gasteiger partial charge on any atom is -0.453 e. The lowest BCUT2D eigenvalue weighted by atomic mass is 10.0. The van der Waals surface area contributed by atoms with Crippen molar-refractivity contribution in [3.63, 3.8) is 0 Å². The van der Waals surface area contributed by atoms with E-state index in [1.165, 1.54) is 21.3 Å². The highest BCUT2D eigenvalue weighted by molar-refractivity contribution is 5.99. The first-order valence-electron chi connectivity index (χ1n) is 18.3. The number of methoxy groups -OCH3 is 3. The van der Waals surface area contributed by atoms with E-state index in [0.29, 0.717) is 31.6 Å². The van der Waals surface area contributed by atoms with Crippen LogP contribution in [0.25, 0.3) is 22.4 Å². The maximum Gasteiger partial charge on any atom is 0.407 e. The molecule has 4 N–H and O–H groups in total. The van der Waals surface area contributed by atoms with Crippen molar-refractivity contribution in [3.05, 3.63) is 60.6 Å². The molecule has 0 unspecified atom stereocenters. The Morgan fingerprint density at radius 1 is 0.811 bits per heavy atom. The van der Waals surface area contributed by atoms with E-state index in [1.54, 1.807) is 11.1 Å². The van der Waals surface area contributed by atoms with Gasteiger partial charge in [0.05, 0.1) is 31.1 Å². The van der Waals surface area contributed by atoms with Gasteiger partial charge in [-0.05, 0) is 66.3 Å². The third-order valence-corrected chi connectivity index (χ3v) is 10.0. The lowest BCUT2D eigenvalue weighted by Crippen LogP contribution is -2.54. The van der Waals surface area contributed by atoms with E-state index in [9.17, 15) is 19.2 Å². The van der Waals surface area contributed by atoms with Gasteiger partial charge < -0.3 is 39.6 Å². The molecule has 0 aliphatic carbocycles. The number of aromatic nitrogens is 2. The molecule has 286 valence electrons. The number of aromatic amines is 1. The Morgan fingerprint density at radius 2 is 1.45 bits per heavy atom. The Labute approximate surface area is 311 Å². The summed E-state index contributed by atoms with van der Waals surface area (Å²) in [7, 11) is 4.32. The van der Waals surface area contributed by atoms with Gasteiger partial charge in [-0.3, -0.25) is 19.7 Å². The smallest absolute Gasteiger partial charge is 0.407 e. The molecule has 0 spiro atoms. The standard InChI is InChI=1S/C39H53N7O7/c1-23(2)32(43-38(50)51-5)36(48)46-20-10-14-31(46)35(47)41-28-12-8-11-27(21-28)25-15-17-26(18-16-25)29-22-40-34(42-29)30-13-9-19-45(30)37(49)33(24(3)4)44-39(52-6)53-7/h8,11-12,15-18,21-24,30-33,39,44H,9-10,13-14,19-20H2,1-7H3,(H,40,42)(H,41,47)(H,43,50)/t30-,31-,32-,33-/m0/s1. The van der Waals surface area contributed by atoms with Crippen LogP contribution in [0.1, 0.15) is 65.2 Å². The topological polar surface area (TPSA) is 167 Å². The summed E-state index contributed by atoms with van der Waals surface area (Å²) in [6.07, 6.45) is 3.35. The minimum absolute atomic E-state index is 0.0101. The van der Waals surface area contributed by atoms with Crippen molar-refractivity contribution in [3.8, 4) is 22.4 Å². The molecule has 3 aromatic rings. The van der Waals surface area contributed by atoms with E-state index >= 15 is 0 Å². The fourth-order valence-electron chi connectivity index (χ4n) is 7.10. The van der Waals surface area contributed by atoms with E-state index < -0.39 is 30.6 Å². The summed E-state index contributed by atoms with van der Waals surface area (Å²) in [5.41, 5.74) is 4.29. The average Bonchev–Trinajstić information content (AvgIpc) is 3.95. The average molecular weight is 732 g/mol. The van der Waals surface area contributed by atoms with Crippen molar-refractivity contribution < 1.29 is 33.4 Å². The van der Waals surface area contributed by atoms with Gasteiger partial charge in [-0.2, -0.15) is 0 Å². The Morgan fingerprint density at radius 3 is 2.11 bits per heavy atom. The fraction of sp³-hybridized carbons (Fsp3) is 0.513. The normalized spacial score (nSPS) is 18.5. The van der Waals surface area contributed by atoms with Gasteiger partial charge in [-0.1, -0.05) is 64.1 Å². The second-order valence-electron chi connectivity index (χ2n) is 14.3. The van der Waals surface area contributed by atoms with Crippen LogP contribution in [0.2, 0.25) is 0 Å². The highest BCUT2D eigenvalue weighted by Crippen LogP contribution is 2.33. The number of hydrogen-bond acceptors (Lipinski definition) is 9. The summed E-state index contributed by atoms with van der Waals surface area (Å²) >= 11 is 0. The fourth-order valence-corrected chi connectivity index (χ4v) is 7.10. The number of rotatable bonds is 14. The predicted molar refractivity (Wildman–Crippen MR) is 200 cm³/mol. The molecule has 5 rings (SSSR count). The Hall–Kier alpha value is -4.79. The number of nitrogens with one attached hydrogen (secondary N) is 4. The maximum atomic E-state index is 13.7. The molecule has 1 aromatic heterocycles. The molecule has 14 nitrogen and oxygen atoms in total. The highest BCUT2D eigenvalue weighted by atomic mass is 16.7. The van der Waals surface area contributed by atoms with Gasteiger partial charge in [0, 0.05) is 33.0 Å². The van der Waals surface area contributed by atoms with Gasteiger partial charge in [0.25, 0.3) is 0 Å². The summed E-state index contributed by atoms with van der Waals surface area (Å²) < 4.78 is 15.3. The van der Waals surface area contributed by atoms with Gasteiger partial charge >= 0.3 is 6.09 Å². The number of benzene rings is 2. The van der Waals surface area contributed by atoms with Crippen LogP contribution in [0.4, 0.5) is 10.5 Å². The van der Waals surface area contributed by atoms with Crippen LogP contribution >= 0.6 is 0 Å². The quantitative estimate of drug-likeness (QED) is 0.169. The zero-order valence-corrected chi connectivity index (χ0v) is 31.7. The molecule has 2 saturated heterocycles. The summed E-state index contributed by atoms with van der Waals surface area (Å²) in [5, 5.41) is 8.80. The third kappa shape index (κ3) is 9.24. The summed E-state index contributed by atoms with van der Waals surface area (Å²) in [5.74, 6) is 0.00234. The Kier molecular flexibility index (Phi) is 13.3. The van der Waals surface area contributed by atoms with Gasteiger partial charge in [-0.25, -0.2) is 9.78 Å². The van der Waals surface area contributed by atoms with Crippen LogP contribution in [0.15, 0.2) is 54.7 Å². The van der Waals surface area contributed by atoms with Crippen molar-refractivity contribution in [2.45, 2.75) is 84.0 Å². The van der Waals surface area contributed by atoms with Crippen LogP contribution < -0.4 is 16.0 Å².